The van der Waals surface area contributed by atoms with Crippen molar-refractivity contribution in [2.75, 3.05) is 0 Å². The largest absolute Gasteiger partial charge is 0.488 e. The zero-order valence-electron chi connectivity index (χ0n) is 8.15. The Hall–Kier alpha value is -2.00. The monoisotopic (exact) mass is 226 g/mol. The molecule has 16 heavy (non-hydrogen) atoms. The van der Waals surface area contributed by atoms with Crippen LogP contribution in [0.2, 0.25) is 0 Å². The molecule has 0 spiro atoms. The van der Waals surface area contributed by atoms with Crippen molar-refractivity contribution in [1.29, 1.82) is 0 Å². The van der Waals surface area contributed by atoms with E-state index in [1.807, 2.05) is 0 Å². The van der Waals surface area contributed by atoms with Crippen LogP contribution in [0.15, 0.2) is 12.1 Å². The Kier molecular flexibility index (Phi) is 3.21. The molecule has 0 bridgehead atoms. The van der Waals surface area contributed by atoms with Crippen LogP contribution in [-0.2, 0) is 0 Å². The van der Waals surface area contributed by atoms with E-state index < -0.39 is 28.3 Å². The second-order valence-electron chi connectivity index (χ2n) is 3.07. The molecule has 2 N–H and O–H groups in total. The molecule has 8 nitrogen and oxygen atoms in total. The van der Waals surface area contributed by atoms with Gasteiger partial charge < -0.3 is 10.0 Å². The molecule has 1 rings (SSSR count). The summed E-state index contributed by atoms with van der Waals surface area (Å²) in [7, 11) is -1.99. The Morgan fingerprint density at radius 1 is 1.12 bits per heavy atom. The third-order valence-corrected chi connectivity index (χ3v) is 2.07. The Balaban J connectivity index is 3.51. The van der Waals surface area contributed by atoms with Gasteiger partial charge in [-0.05, 0) is 12.4 Å². The standard InChI is InChI=1S/C7H7BN2O6/c1-4-6(9(13)14)2-5(8(11)12)3-7(4)10(15)16/h2-3,11-12H,1H3. The number of nitro benzene ring substituents is 2. The smallest absolute Gasteiger partial charge is 0.423 e. The molecule has 0 heterocycles. The van der Waals surface area contributed by atoms with Crippen LogP contribution in [-0.4, -0.2) is 27.0 Å². The quantitative estimate of drug-likeness (QED) is 0.406. The lowest BCUT2D eigenvalue weighted by Crippen LogP contribution is -2.30. The zero-order valence-corrected chi connectivity index (χ0v) is 8.15. The predicted molar refractivity (Wildman–Crippen MR) is 54.3 cm³/mol. The van der Waals surface area contributed by atoms with E-state index in [1.54, 1.807) is 0 Å². The fraction of sp³-hybridized carbons (Fsp3) is 0.143. The fourth-order valence-corrected chi connectivity index (χ4v) is 1.23. The molecule has 1 aromatic rings. The summed E-state index contributed by atoms with van der Waals surface area (Å²) in [4.78, 5) is 19.6. The minimum atomic E-state index is -1.99. The number of rotatable bonds is 3. The molecular formula is C7H7BN2O6. The molecule has 0 atom stereocenters. The topological polar surface area (TPSA) is 127 Å². The molecule has 0 aliphatic heterocycles. The highest BCUT2D eigenvalue weighted by molar-refractivity contribution is 6.58. The number of nitro groups is 2. The SMILES string of the molecule is Cc1c([N+](=O)[O-])cc(B(O)O)cc1[N+](=O)[O-]. The van der Waals surface area contributed by atoms with Crippen LogP contribution in [0.1, 0.15) is 5.56 Å². The van der Waals surface area contributed by atoms with E-state index in [9.17, 15) is 20.2 Å². The van der Waals surface area contributed by atoms with Crippen LogP contribution in [0.25, 0.3) is 0 Å². The van der Waals surface area contributed by atoms with Crippen LogP contribution in [0, 0.1) is 27.2 Å². The van der Waals surface area contributed by atoms with Gasteiger partial charge in [0.25, 0.3) is 11.4 Å². The van der Waals surface area contributed by atoms with Gasteiger partial charge in [0.1, 0.15) is 5.56 Å². The van der Waals surface area contributed by atoms with Crippen molar-refractivity contribution in [3.63, 3.8) is 0 Å². The van der Waals surface area contributed by atoms with E-state index in [2.05, 4.69) is 0 Å². The summed E-state index contributed by atoms with van der Waals surface area (Å²) >= 11 is 0. The highest BCUT2D eigenvalue weighted by atomic mass is 16.6. The lowest BCUT2D eigenvalue weighted by molar-refractivity contribution is -0.395. The minimum Gasteiger partial charge on any atom is -0.423 e. The van der Waals surface area contributed by atoms with E-state index in [0.717, 1.165) is 12.1 Å². The number of nitrogens with zero attached hydrogens (tertiary/aromatic N) is 2. The summed E-state index contributed by atoms with van der Waals surface area (Å²) < 4.78 is 0. The Bertz CT molecular complexity index is 425. The van der Waals surface area contributed by atoms with Gasteiger partial charge in [-0.2, -0.15) is 0 Å². The van der Waals surface area contributed by atoms with E-state index in [-0.39, 0.29) is 11.0 Å². The van der Waals surface area contributed by atoms with Crippen molar-refractivity contribution in [3.8, 4) is 0 Å². The molecule has 0 saturated carbocycles. The van der Waals surface area contributed by atoms with Crippen LogP contribution >= 0.6 is 0 Å². The van der Waals surface area contributed by atoms with E-state index in [1.165, 1.54) is 6.92 Å². The Morgan fingerprint density at radius 2 is 1.50 bits per heavy atom. The van der Waals surface area contributed by atoms with Crippen LogP contribution < -0.4 is 5.46 Å². The Labute approximate surface area is 89.6 Å². The van der Waals surface area contributed by atoms with Gasteiger partial charge in [0.15, 0.2) is 0 Å². The molecule has 0 saturated heterocycles. The van der Waals surface area contributed by atoms with Gasteiger partial charge in [-0.1, -0.05) is 0 Å². The second kappa shape index (κ2) is 4.25. The molecule has 0 amide bonds. The number of hydrogen-bond donors (Lipinski definition) is 2. The highest BCUT2D eigenvalue weighted by Crippen LogP contribution is 2.25. The summed E-state index contributed by atoms with van der Waals surface area (Å²) in [5.74, 6) is 0. The lowest BCUT2D eigenvalue weighted by Gasteiger charge is -2.03. The lowest BCUT2D eigenvalue weighted by atomic mass is 9.79. The maximum Gasteiger partial charge on any atom is 0.488 e. The van der Waals surface area contributed by atoms with E-state index in [0.29, 0.717) is 0 Å². The number of hydrogen-bond acceptors (Lipinski definition) is 6. The van der Waals surface area contributed by atoms with Crippen molar-refractivity contribution in [2.45, 2.75) is 6.92 Å². The van der Waals surface area contributed by atoms with Crippen molar-refractivity contribution in [3.05, 3.63) is 37.9 Å². The predicted octanol–water partition coefficient (Wildman–Crippen LogP) is -0.509. The van der Waals surface area contributed by atoms with Crippen LogP contribution in [0.3, 0.4) is 0 Å². The molecule has 9 heteroatoms. The van der Waals surface area contributed by atoms with E-state index in [4.69, 9.17) is 10.0 Å². The molecule has 84 valence electrons. The second-order valence-corrected chi connectivity index (χ2v) is 3.07. The Morgan fingerprint density at radius 3 is 1.75 bits per heavy atom. The molecular weight excluding hydrogens is 219 g/mol. The van der Waals surface area contributed by atoms with Gasteiger partial charge in [-0.15, -0.1) is 0 Å². The summed E-state index contributed by atoms with van der Waals surface area (Å²) in [5, 5.41) is 38.9. The number of benzene rings is 1. The third-order valence-electron chi connectivity index (χ3n) is 2.07. The zero-order chi connectivity index (χ0) is 12.5. The fourth-order valence-electron chi connectivity index (χ4n) is 1.23. The summed E-state index contributed by atoms with van der Waals surface area (Å²) in [5.41, 5.74) is -1.45. The average molecular weight is 226 g/mol. The maximum absolute atomic E-state index is 10.6. The first kappa shape index (κ1) is 12.1. The molecule has 0 aliphatic rings. The van der Waals surface area contributed by atoms with E-state index >= 15 is 0 Å². The maximum atomic E-state index is 10.6. The minimum absolute atomic E-state index is 0.126. The molecule has 0 fully saturated rings. The first-order valence-corrected chi connectivity index (χ1v) is 4.14. The van der Waals surface area contributed by atoms with Gasteiger partial charge in [-0.3, -0.25) is 20.2 Å². The summed E-state index contributed by atoms with van der Waals surface area (Å²) in [6.45, 7) is 1.23. The van der Waals surface area contributed by atoms with Crippen LogP contribution in [0.4, 0.5) is 11.4 Å². The third kappa shape index (κ3) is 2.15. The normalized spacial score (nSPS) is 9.94. The van der Waals surface area contributed by atoms with Crippen molar-refractivity contribution < 1.29 is 19.9 Å². The first-order chi connectivity index (χ1) is 7.34. The molecule has 0 radical (unpaired) electrons. The van der Waals surface area contributed by atoms with Crippen LogP contribution in [0.5, 0.6) is 0 Å². The van der Waals surface area contributed by atoms with Gasteiger partial charge in [-0.25, -0.2) is 0 Å². The van der Waals surface area contributed by atoms with Gasteiger partial charge in [0.2, 0.25) is 0 Å². The van der Waals surface area contributed by atoms with Crippen molar-refractivity contribution in [1.82, 2.24) is 0 Å². The highest BCUT2D eigenvalue weighted by Gasteiger charge is 2.26. The molecule has 1 aromatic carbocycles. The van der Waals surface area contributed by atoms with Gasteiger partial charge in [0, 0.05) is 12.1 Å². The van der Waals surface area contributed by atoms with Gasteiger partial charge >= 0.3 is 7.12 Å². The molecule has 0 aliphatic carbocycles. The van der Waals surface area contributed by atoms with Crippen molar-refractivity contribution >= 4 is 24.0 Å². The summed E-state index contributed by atoms with van der Waals surface area (Å²) in [6, 6.07) is 1.79. The molecule has 0 aromatic heterocycles. The summed E-state index contributed by atoms with van der Waals surface area (Å²) in [6.07, 6.45) is 0. The first-order valence-electron chi connectivity index (χ1n) is 4.14. The van der Waals surface area contributed by atoms with Crippen molar-refractivity contribution in [2.24, 2.45) is 0 Å². The average Bonchev–Trinajstić information content (AvgIpc) is 2.16. The van der Waals surface area contributed by atoms with Gasteiger partial charge in [0.05, 0.1) is 9.85 Å². The molecule has 0 unspecified atom stereocenters.